The maximum atomic E-state index is 13.8. The smallest absolute Gasteiger partial charge is 0.225 e. The number of methoxy groups -OCH3 is 1. The number of guanidine groups is 1. The number of carbonyl (C=O) groups excluding carboxylic acids is 1. The van der Waals surface area contributed by atoms with Crippen molar-refractivity contribution < 1.29 is 13.9 Å². The molecule has 0 aliphatic rings. The molecule has 0 bridgehead atoms. The molecule has 0 saturated carbocycles. The van der Waals surface area contributed by atoms with Crippen LogP contribution in [0.2, 0.25) is 0 Å². The molecule has 148 valence electrons. The summed E-state index contributed by atoms with van der Waals surface area (Å²) in [6.07, 6.45) is 0. The number of hydrogen-bond acceptors (Lipinski definition) is 3. The van der Waals surface area contributed by atoms with Crippen molar-refractivity contribution >= 4 is 35.8 Å². The molecule has 3 N–H and O–H groups in total. The van der Waals surface area contributed by atoms with Gasteiger partial charge in [0.05, 0.1) is 13.2 Å². The molecule has 0 aliphatic carbocycles. The van der Waals surface area contributed by atoms with E-state index in [9.17, 15) is 9.18 Å². The summed E-state index contributed by atoms with van der Waals surface area (Å²) in [5.74, 6) is 0.391. The van der Waals surface area contributed by atoms with Gasteiger partial charge in [0.25, 0.3) is 0 Å². The number of halogens is 2. The van der Waals surface area contributed by atoms with Gasteiger partial charge in [-0.2, -0.15) is 0 Å². The zero-order valence-corrected chi connectivity index (χ0v) is 18.6. The van der Waals surface area contributed by atoms with Crippen molar-refractivity contribution in [2.45, 2.75) is 33.7 Å². The fourth-order valence-electron chi connectivity index (χ4n) is 2.06. The zero-order valence-electron chi connectivity index (χ0n) is 16.3. The van der Waals surface area contributed by atoms with Crippen LogP contribution in [0.4, 0.5) is 4.39 Å². The van der Waals surface area contributed by atoms with Gasteiger partial charge < -0.3 is 20.7 Å². The first-order valence-electron chi connectivity index (χ1n) is 8.28. The van der Waals surface area contributed by atoms with Gasteiger partial charge in [-0.05, 0) is 24.6 Å². The van der Waals surface area contributed by atoms with E-state index in [1.165, 1.54) is 13.2 Å². The monoisotopic (exact) mass is 480 g/mol. The van der Waals surface area contributed by atoms with Crippen LogP contribution in [-0.2, 0) is 4.79 Å². The maximum Gasteiger partial charge on any atom is 0.225 e. The highest BCUT2D eigenvalue weighted by Gasteiger charge is 2.20. The Morgan fingerprint density at radius 3 is 2.38 bits per heavy atom. The molecule has 1 unspecified atom stereocenters. The Balaban J connectivity index is 0.00000625. The van der Waals surface area contributed by atoms with Crippen LogP contribution in [0.5, 0.6) is 5.75 Å². The third-order valence-electron chi connectivity index (χ3n) is 3.64. The van der Waals surface area contributed by atoms with Crippen LogP contribution in [0.1, 0.15) is 39.3 Å². The molecule has 0 fully saturated rings. The van der Waals surface area contributed by atoms with Crippen LogP contribution in [0, 0.1) is 11.2 Å². The first-order chi connectivity index (χ1) is 11.7. The average Bonchev–Trinajstić information content (AvgIpc) is 2.56. The first kappa shape index (κ1) is 24.4. The Hall–Kier alpha value is -1.58. The topological polar surface area (TPSA) is 74.8 Å². The van der Waals surface area contributed by atoms with Crippen molar-refractivity contribution in [2.75, 3.05) is 27.2 Å². The lowest BCUT2D eigenvalue weighted by Gasteiger charge is -2.20. The quantitative estimate of drug-likeness (QED) is 0.254. The summed E-state index contributed by atoms with van der Waals surface area (Å²) < 4.78 is 18.7. The van der Waals surface area contributed by atoms with Crippen molar-refractivity contribution in [3.05, 3.63) is 29.6 Å². The summed E-state index contributed by atoms with van der Waals surface area (Å²) in [6.45, 7) is 8.53. The van der Waals surface area contributed by atoms with Gasteiger partial charge >= 0.3 is 0 Å². The van der Waals surface area contributed by atoms with Gasteiger partial charge in [0.15, 0.2) is 17.5 Å². The van der Waals surface area contributed by atoms with E-state index < -0.39 is 11.2 Å². The number of hydrogen-bond donors (Lipinski definition) is 3. The minimum Gasteiger partial charge on any atom is -0.494 e. The number of amides is 1. The second kappa shape index (κ2) is 11.2. The molecule has 0 spiro atoms. The molecule has 8 heteroatoms. The van der Waals surface area contributed by atoms with E-state index in [1.807, 2.05) is 27.7 Å². The fraction of sp³-hybridized carbons (Fsp3) is 0.556. The molecule has 0 heterocycles. The Kier molecular flexibility index (Phi) is 10.5. The van der Waals surface area contributed by atoms with Gasteiger partial charge in [0.1, 0.15) is 0 Å². The predicted molar refractivity (Wildman–Crippen MR) is 114 cm³/mol. The highest BCUT2D eigenvalue weighted by atomic mass is 127. The van der Waals surface area contributed by atoms with Gasteiger partial charge in [0, 0.05) is 25.6 Å². The number of aliphatic imine (C=N–C) groups is 1. The lowest BCUT2D eigenvalue weighted by atomic mass is 9.96. The van der Waals surface area contributed by atoms with E-state index in [1.54, 1.807) is 19.2 Å². The molecule has 26 heavy (non-hydrogen) atoms. The molecule has 0 radical (unpaired) electrons. The first-order valence-corrected chi connectivity index (χ1v) is 8.28. The number of rotatable bonds is 6. The minimum absolute atomic E-state index is 0. The summed E-state index contributed by atoms with van der Waals surface area (Å²) in [4.78, 5) is 15.9. The van der Waals surface area contributed by atoms with E-state index in [-0.39, 0.29) is 41.7 Å². The molecular formula is C18H30FIN4O2. The van der Waals surface area contributed by atoms with Crippen LogP contribution < -0.4 is 20.7 Å². The summed E-state index contributed by atoms with van der Waals surface area (Å²) >= 11 is 0. The lowest BCUT2D eigenvalue weighted by molar-refractivity contribution is -0.128. The number of ether oxygens (including phenoxy) is 1. The summed E-state index contributed by atoms with van der Waals surface area (Å²) in [5, 5.41) is 9.16. The molecule has 1 atom stereocenters. The highest BCUT2D eigenvalue weighted by molar-refractivity contribution is 14.0. The summed E-state index contributed by atoms with van der Waals surface area (Å²) in [5.41, 5.74) is 0.370. The van der Waals surface area contributed by atoms with Crippen molar-refractivity contribution in [1.82, 2.24) is 16.0 Å². The van der Waals surface area contributed by atoms with E-state index in [0.29, 0.717) is 19.0 Å². The number of carbonyl (C=O) groups is 1. The summed E-state index contributed by atoms with van der Waals surface area (Å²) in [6, 6.07) is 4.70. The molecule has 1 rings (SSSR count). The van der Waals surface area contributed by atoms with E-state index >= 15 is 0 Å². The predicted octanol–water partition coefficient (Wildman–Crippen LogP) is 2.84. The van der Waals surface area contributed by atoms with Crippen LogP contribution in [0.15, 0.2) is 23.2 Å². The SMILES string of the molecule is CN=C(NCCNC(=O)C(C)(C)C)NC(C)c1ccc(OC)c(F)c1.I. The maximum absolute atomic E-state index is 13.8. The van der Waals surface area contributed by atoms with Crippen molar-refractivity contribution in [3.63, 3.8) is 0 Å². The second-order valence-electron chi connectivity index (χ2n) is 6.76. The third kappa shape index (κ3) is 7.76. The van der Waals surface area contributed by atoms with Crippen molar-refractivity contribution in [2.24, 2.45) is 10.4 Å². The fourth-order valence-corrected chi connectivity index (χ4v) is 2.06. The van der Waals surface area contributed by atoms with Crippen LogP contribution in [-0.4, -0.2) is 39.1 Å². The second-order valence-corrected chi connectivity index (χ2v) is 6.76. The van der Waals surface area contributed by atoms with Crippen LogP contribution in [0.3, 0.4) is 0 Å². The molecule has 6 nitrogen and oxygen atoms in total. The third-order valence-corrected chi connectivity index (χ3v) is 3.64. The standard InChI is InChI=1S/C18H29FN4O2.HI/c1-12(13-7-8-15(25-6)14(19)11-13)23-17(20-5)22-10-9-21-16(24)18(2,3)4;/h7-8,11-12H,9-10H2,1-6H3,(H,21,24)(H2,20,22,23);1H. The van der Waals surface area contributed by atoms with Gasteiger partial charge in [-0.25, -0.2) is 4.39 Å². The molecule has 1 aromatic rings. The van der Waals surface area contributed by atoms with Crippen LogP contribution >= 0.6 is 24.0 Å². The Morgan fingerprint density at radius 2 is 1.88 bits per heavy atom. The lowest BCUT2D eigenvalue weighted by Crippen LogP contribution is -2.44. The average molecular weight is 480 g/mol. The number of benzene rings is 1. The zero-order chi connectivity index (χ0) is 19.0. The Labute approximate surface area is 172 Å². The van der Waals surface area contributed by atoms with Gasteiger partial charge in [-0.1, -0.05) is 26.8 Å². The molecular weight excluding hydrogens is 450 g/mol. The molecule has 0 saturated heterocycles. The van der Waals surface area contributed by atoms with Crippen molar-refractivity contribution in [3.8, 4) is 5.75 Å². The number of nitrogens with zero attached hydrogens (tertiary/aromatic N) is 1. The highest BCUT2D eigenvalue weighted by Crippen LogP contribution is 2.21. The van der Waals surface area contributed by atoms with E-state index in [4.69, 9.17) is 4.74 Å². The molecule has 0 aromatic heterocycles. The summed E-state index contributed by atoms with van der Waals surface area (Å²) in [7, 11) is 3.09. The van der Waals surface area contributed by atoms with Crippen molar-refractivity contribution in [1.29, 1.82) is 0 Å². The van der Waals surface area contributed by atoms with Gasteiger partial charge in [-0.3, -0.25) is 9.79 Å². The van der Waals surface area contributed by atoms with Gasteiger partial charge in [0.2, 0.25) is 5.91 Å². The molecule has 0 aliphatic heterocycles. The van der Waals surface area contributed by atoms with E-state index in [0.717, 1.165) is 5.56 Å². The number of nitrogens with one attached hydrogen (secondary N) is 3. The minimum atomic E-state index is -0.410. The Bertz CT molecular complexity index is 618. The molecule has 1 aromatic carbocycles. The largest absolute Gasteiger partial charge is 0.494 e. The molecule has 1 amide bonds. The Morgan fingerprint density at radius 1 is 1.27 bits per heavy atom. The normalized spacial score (nSPS) is 12.7. The van der Waals surface area contributed by atoms with Gasteiger partial charge in [-0.15, -0.1) is 24.0 Å². The van der Waals surface area contributed by atoms with Crippen LogP contribution in [0.25, 0.3) is 0 Å². The van der Waals surface area contributed by atoms with E-state index in [2.05, 4.69) is 20.9 Å².